The summed E-state index contributed by atoms with van der Waals surface area (Å²) in [6.45, 7) is 0. The first-order valence-corrected chi connectivity index (χ1v) is 5.15. The number of carbonyl (C=O) groups is 2. The zero-order chi connectivity index (χ0) is 12.1. The van der Waals surface area contributed by atoms with Crippen LogP contribution in [-0.4, -0.2) is 24.6 Å². The molecule has 0 aliphatic heterocycles. The van der Waals surface area contributed by atoms with E-state index in [1.165, 1.54) is 7.11 Å². The number of benzene rings is 1. The number of amides is 1. The van der Waals surface area contributed by atoms with E-state index in [-0.39, 0.29) is 0 Å². The molecule has 1 amide bonds. The van der Waals surface area contributed by atoms with Crippen molar-refractivity contribution in [2.24, 2.45) is 0 Å². The van der Waals surface area contributed by atoms with Crippen LogP contribution < -0.4 is 10.1 Å². The Morgan fingerprint density at radius 3 is 2.81 bits per heavy atom. The van der Waals surface area contributed by atoms with Gasteiger partial charge in [-0.2, -0.15) is 0 Å². The van der Waals surface area contributed by atoms with Crippen LogP contribution in [0.15, 0.2) is 22.7 Å². The van der Waals surface area contributed by atoms with Gasteiger partial charge in [-0.3, -0.25) is 4.79 Å². The normalized spacial score (nSPS) is 11.6. The van der Waals surface area contributed by atoms with Gasteiger partial charge in [-0.25, -0.2) is 4.79 Å². The summed E-state index contributed by atoms with van der Waals surface area (Å²) in [6, 6.07) is 3.82. The minimum Gasteiger partial charge on any atom is -0.496 e. The van der Waals surface area contributed by atoms with Crippen molar-refractivity contribution in [3.8, 4) is 5.75 Å². The second kappa shape index (κ2) is 5.50. The Morgan fingerprint density at radius 2 is 2.31 bits per heavy atom. The number of ether oxygens (including phenoxy) is 1. The van der Waals surface area contributed by atoms with Crippen molar-refractivity contribution in [1.82, 2.24) is 5.32 Å². The second-order valence-electron chi connectivity index (χ2n) is 2.94. The van der Waals surface area contributed by atoms with Crippen LogP contribution in [0.3, 0.4) is 0 Å². The molecule has 0 spiro atoms. The van der Waals surface area contributed by atoms with Crippen LogP contribution in [0.5, 0.6) is 5.75 Å². The van der Waals surface area contributed by atoms with Crippen LogP contribution in [0.25, 0.3) is 0 Å². The van der Waals surface area contributed by atoms with E-state index >= 15 is 0 Å². The van der Waals surface area contributed by atoms with Gasteiger partial charge in [0, 0.05) is 10.0 Å². The molecular weight excluding hydrogens is 278 g/mol. The van der Waals surface area contributed by atoms with Gasteiger partial charge in [-0.05, 0) is 18.2 Å². The van der Waals surface area contributed by atoms with Gasteiger partial charge in [-0.15, -0.1) is 0 Å². The highest BCUT2D eigenvalue weighted by Gasteiger charge is 2.22. The number of nitrogens with one attached hydrogen (secondary N) is 1. The van der Waals surface area contributed by atoms with Crippen molar-refractivity contribution < 1.29 is 19.4 Å². The predicted octanol–water partition coefficient (Wildman–Crippen LogP) is 1.33. The Kier molecular flexibility index (Phi) is 4.30. The molecule has 0 bridgehead atoms. The van der Waals surface area contributed by atoms with Gasteiger partial charge in [0.25, 0.3) is 0 Å². The Hall–Kier alpha value is -1.56. The zero-order valence-corrected chi connectivity index (χ0v) is 10.0. The van der Waals surface area contributed by atoms with Gasteiger partial charge < -0.3 is 15.2 Å². The van der Waals surface area contributed by atoms with Gasteiger partial charge in [0.05, 0.1) is 7.11 Å². The van der Waals surface area contributed by atoms with Crippen molar-refractivity contribution in [2.75, 3.05) is 7.11 Å². The van der Waals surface area contributed by atoms with Crippen LogP contribution in [0, 0.1) is 0 Å². The third-order valence-electron chi connectivity index (χ3n) is 1.98. The molecule has 2 N–H and O–H groups in total. The molecule has 0 radical (unpaired) electrons. The van der Waals surface area contributed by atoms with Gasteiger partial charge >= 0.3 is 5.97 Å². The summed E-state index contributed by atoms with van der Waals surface area (Å²) < 4.78 is 5.75. The average Bonchev–Trinajstić information content (AvgIpc) is 2.25. The van der Waals surface area contributed by atoms with E-state index in [1.54, 1.807) is 18.2 Å². The Morgan fingerprint density at radius 1 is 1.62 bits per heavy atom. The fourth-order valence-corrected chi connectivity index (χ4v) is 1.67. The van der Waals surface area contributed by atoms with E-state index < -0.39 is 12.0 Å². The molecule has 1 aromatic rings. The van der Waals surface area contributed by atoms with Crippen molar-refractivity contribution in [3.63, 3.8) is 0 Å². The second-order valence-corrected chi connectivity index (χ2v) is 3.86. The SMILES string of the molecule is COc1ccc(Br)cc1C(NC=O)C(=O)O. The third-order valence-corrected chi connectivity index (χ3v) is 2.48. The van der Waals surface area contributed by atoms with E-state index in [2.05, 4.69) is 21.2 Å². The van der Waals surface area contributed by atoms with E-state index in [0.29, 0.717) is 22.2 Å². The van der Waals surface area contributed by atoms with E-state index in [1.807, 2.05) is 0 Å². The highest BCUT2D eigenvalue weighted by Crippen LogP contribution is 2.28. The zero-order valence-electron chi connectivity index (χ0n) is 8.44. The first-order chi connectivity index (χ1) is 7.60. The van der Waals surface area contributed by atoms with Crippen molar-refractivity contribution in [2.45, 2.75) is 6.04 Å². The van der Waals surface area contributed by atoms with Gasteiger partial charge in [0.2, 0.25) is 6.41 Å². The number of carboxylic acids is 1. The lowest BCUT2D eigenvalue weighted by Gasteiger charge is -2.15. The Labute approximate surface area is 101 Å². The molecule has 1 rings (SSSR count). The number of carbonyl (C=O) groups excluding carboxylic acids is 1. The largest absolute Gasteiger partial charge is 0.496 e. The smallest absolute Gasteiger partial charge is 0.331 e. The molecule has 0 saturated carbocycles. The monoisotopic (exact) mass is 287 g/mol. The first-order valence-electron chi connectivity index (χ1n) is 4.36. The standard InChI is InChI=1S/C10H10BrNO4/c1-16-8-3-2-6(11)4-7(8)9(10(14)15)12-5-13/h2-5,9H,1H3,(H,12,13)(H,14,15). The number of methoxy groups -OCH3 is 1. The quantitative estimate of drug-likeness (QED) is 0.801. The first kappa shape index (κ1) is 12.5. The molecule has 0 aliphatic rings. The summed E-state index contributed by atoms with van der Waals surface area (Å²) in [5.41, 5.74) is 0.386. The minimum absolute atomic E-state index is 0.346. The summed E-state index contributed by atoms with van der Waals surface area (Å²) in [5.74, 6) is -0.742. The van der Waals surface area contributed by atoms with Crippen LogP contribution >= 0.6 is 15.9 Å². The van der Waals surface area contributed by atoms with Crippen LogP contribution in [0.2, 0.25) is 0 Å². The van der Waals surface area contributed by atoms with Crippen LogP contribution in [0.1, 0.15) is 11.6 Å². The maximum Gasteiger partial charge on any atom is 0.331 e. The van der Waals surface area contributed by atoms with Crippen molar-refractivity contribution in [3.05, 3.63) is 28.2 Å². The Bertz CT molecular complexity index is 408. The molecular formula is C10H10BrNO4. The number of carboxylic acid groups (broad SMARTS) is 1. The maximum atomic E-state index is 11.0. The van der Waals surface area contributed by atoms with Crippen molar-refractivity contribution >= 4 is 28.3 Å². The number of rotatable bonds is 5. The molecule has 6 heteroatoms. The summed E-state index contributed by atoms with van der Waals surface area (Å²) >= 11 is 3.23. The molecule has 1 atom stereocenters. The maximum absolute atomic E-state index is 11.0. The molecule has 5 nitrogen and oxygen atoms in total. The topological polar surface area (TPSA) is 75.6 Å². The van der Waals surface area contributed by atoms with Crippen LogP contribution in [-0.2, 0) is 9.59 Å². The lowest BCUT2D eigenvalue weighted by molar-refractivity contribution is -0.140. The number of halogens is 1. The summed E-state index contributed by atoms with van der Waals surface area (Å²) in [7, 11) is 1.44. The average molecular weight is 288 g/mol. The summed E-state index contributed by atoms with van der Waals surface area (Å²) in [6.07, 6.45) is 0.346. The van der Waals surface area contributed by atoms with E-state index in [0.717, 1.165) is 0 Å². The third kappa shape index (κ3) is 2.73. The lowest BCUT2D eigenvalue weighted by Crippen LogP contribution is -2.27. The van der Waals surface area contributed by atoms with Crippen LogP contribution in [0.4, 0.5) is 0 Å². The Balaban J connectivity index is 3.20. The number of hydrogen-bond donors (Lipinski definition) is 2. The molecule has 1 unspecified atom stereocenters. The van der Waals surface area contributed by atoms with E-state index in [4.69, 9.17) is 9.84 Å². The van der Waals surface area contributed by atoms with E-state index in [9.17, 15) is 9.59 Å². The molecule has 0 aliphatic carbocycles. The molecule has 86 valence electrons. The summed E-state index contributed by atoms with van der Waals surface area (Å²) in [5, 5.41) is 11.2. The fraction of sp³-hybridized carbons (Fsp3) is 0.200. The van der Waals surface area contributed by atoms with Gasteiger partial charge in [0.15, 0.2) is 6.04 Å². The lowest BCUT2D eigenvalue weighted by atomic mass is 10.1. The highest BCUT2D eigenvalue weighted by molar-refractivity contribution is 9.10. The number of aliphatic carboxylic acids is 1. The number of hydrogen-bond acceptors (Lipinski definition) is 3. The fourth-order valence-electron chi connectivity index (χ4n) is 1.29. The molecule has 16 heavy (non-hydrogen) atoms. The molecule has 0 aromatic heterocycles. The minimum atomic E-state index is -1.15. The molecule has 0 fully saturated rings. The molecule has 0 saturated heterocycles. The highest BCUT2D eigenvalue weighted by atomic mass is 79.9. The van der Waals surface area contributed by atoms with Gasteiger partial charge in [0.1, 0.15) is 5.75 Å². The molecule has 1 aromatic carbocycles. The predicted molar refractivity (Wildman–Crippen MR) is 60.3 cm³/mol. The van der Waals surface area contributed by atoms with Gasteiger partial charge in [-0.1, -0.05) is 15.9 Å². The van der Waals surface area contributed by atoms with Crippen molar-refractivity contribution in [1.29, 1.82) is 0 Å². The molecule has 0 heterocycles. The summed E-state index contributed by atoms with van der Waals surface area (Å²) in [4.78, 5) is 21.3.